The lowest BCUT2D eigenvalue weighted by Crippen LogP contribution is -2.22. The molecule has 6 aromatic rings. The van der Waals surface area contributed by atoms with Crippen LogP contribution in [0.1, 0.15) is 24.2 Å². The molecular weight excluding hydrogens is 440 g/mol. The normalized spacial score (nSPS) is 11.4. The van der Waals surface area contributed by atoms with E-state index in [1.807, 2.05) is 71.1 Å². The number of carbonyl (C=O) groups excluding carboxylic acids is 1. The summed E-state index contributed by atoms with van der Waals surface area (Å²) in [6, 6.07) is 21.7. The number of hydrogen-bond donors (Lipinski definition) is 1. The molecule has 1 N–H and O–H groups in total. The molecule has 0 saturated heterocycles. The van der Waals surface area contributed by atoms with Crippen LogP contribution in [0.5, 0.6) is 0 Å². The van der Waals surface area contributed by atoms with Gasteiger partial charge in [0.05, 0.1) is 5.52 Å². The monoisotopic (exact) mass is 462 g/mol. The Balaban J connectivity index is 1.28. The summed E-state index contributed by atoms with van der Waals surface area (Å²) in [4.78, 5) is 21.2. The third-order valence-electron chi connectivity index (χ3n) is 5.94. The highest BCUT2D eigenvalue weighted by Crippen LogP contribution is 2.25. The van der Waals surface area contributed by atoms with Crippen molar-refractivity contribution >= 4 is 28.2 Å². The number of rotatable bonds is 7. The first-order valence-electron chi connectivity index (χ1n) is 11.5. The molecule has 0 unspecified atom stereocenters. The first kappa shape index (κ1) is 20.9. The quantitative estimate of drug-likeness (QED) is 0.389. The number of para-hydroxylation sites is 1. The van der Waals surface area contributed by atoms with Crippen molar-refractivity contribution in [2.45, 2.75) is 25.8 Å². The van der Waals surface area contributed by atoms with E-state index in [4.69, 9.17) is 10.1 Å². The molecule has 0 radical (unpaired) electrons. The summed E-state index contributed by atoms with van der Waals surface area (Å²) in [5.41, 5.74) is 3.61. The number of pyridine rings is 1. The molecule has 172 valence electrons. The minimum absolute atomic E-state index is 0.00120. The van der Waals surface area contributed by atoms with E-state index >= 15 is 0 Å². The molecule has 0 spiro atoms. The van der Waals surface area contributed by atoms with E-state index in [2.05, 4.69) is 20.5 Å². The Bertz CT molecular complexity index is 1640. The second-order valence-electron chi connectivity index (χ2n) is 8.30. The van der Waals surface area contributed by atoms with E-state index in [0.29, 0.717) is 37.4 Å². The fourth-order valence-electron chi connectivity index (χ4n) is 4.24. The topological polar surface area (TPSA) is 102 Å². The molecule has 4 aromatic heterocycles. The van der Waals surface area contributed by atoms with E-state index in [1.54, 1.807) is 16.9 Å². The number of nitrogens with one attached hydrogen (secondary N) is 1. The average Bonchev–Trinajstić information content (AvgIpc) is 3.54. The molecule has 0 aliphatic carbocycles. The van der Waals surface area contributed by atoms with E-state index in [-0.39, 0.29) is 5.91 Å². The standard InChI is InChI=1S/C26H22N8O/c35-23(28-17-18-8-7-15-27-16-18)14-6-13-22-30-31-26-33(22)21-12-5-4-11-20(21)25-29-24(32-34(25)26)19-9-2-1-3-10-19/h1-5,7-12,15-16H,6,13-14,17H2,(H,28,35). The van der Waals surface area contributed by atoms with Crippen LogP contribution in [0.15, 0.2) is 79.1 Å². The number of nitrogens with zero attached hydrogens (tertiary/aromatic N) is 7. The minimum Gasteiger partial charge on any atom is -0.352 e. The van der Waals surface area contributed by atoms with Crippen LogP contribution < -0.4 is 5.32 Å². The molecule has 0 fully saturated rings. The lowest BCUT2D eigenvalue weighted by atomic mass is 10.2. The van der Waals surface area contributed by atoms with Gasteiger partial charge in [-0.25, -0.2) is 4.98 Å². The summed E-state index contributed by atoms with van der Waals surface area (Å²) in [5.74, 6) is 2.02. The highest BCUT2D eigenvalue weighted by Gasteiger charge is 2.18. The number of carbonyl (C=O) groups is 1. The van der Waals surface area contributed by atoms with Crippen LogP contribution in [0.3, 0.4) is 0 Å². The number of benzene rings is 2. The molecule has 9 heteroatoms. The SMILES string of the molecule is O=C(CCCc1nnc2n3nc(-c4ccccc4)nc3c3ccccc3n12)NCc1cccnc1. The largest absolute Gasteiger partial charge is 0.352 e. The maximum absolute atomic E-state index is 12.3. The van der Waals surface area contributed by atoms with Gasteiger partial charge in [-0.05, 0) is 30.2 Å². The minimum atomic E-state index is -0.00120. The molecule has 0 bridgehead atoms. The van der Waals surface area contributed by atoms with Crippen molar-refractivity contribution in [3.8, 4) is 11.4 Å². The third kappa shape index (κ3) is 3.97. The first-order valence-corrected chi connectivity index (χ1v) is 11.5. The highest BCUT2D eigenvalue weighted by molar-refractivity contribution is 5.94. The zero-order valence-corrected chi connectivity index (χ0v) is 18.9. The van der Waals surface area contributed by atoms with Crippen LogP contribution in [-0.2, 0) is 17.8 Å². The molecule has 6 rings (SSSR count). The molecule has 35 heavy (non-hydrogen) atoms. The molecular formula is C26H22N8O. The van der Waals surface area contributed by atoms with Gasteiger partial charge < -0.3 is 5.32 Å². The van der Waals surface area contributed by atoms with Gasteiger partial charge in [0.15, 0.2) is 11.5 Å². The third-order valence-corrected chi connectivity index (χ3v) is 5.94. The van der Waals surface area contributed by atoms with Gasteiger partial charge >= 0.3 is 0 Å². The van der Waals surface area contributed by atoms with Gasteiger partial charge in [0.25, 0.3) is 5.78 Å². The van der Waals surface area contributed by atoms with Crippen molar-refractivity contribution in [3.05, 3.63) is 90.5 Å². The smallest absolute Gasteiger partial charge is 0.258 e. The van der Waals surface area contributed by atoms with Crippen LogP contribution in [0.25, 0.3) is 33.7 Å². The highest BCUT2D eigenvalue weighted by atomic mass is 16.1. The van der Waals surface area contributed by atoms with E-state index in [0.717, 1.165) is 33.5 Å². The van der Waals surface area contributed by atoms with Crippen molar-refractivity contribution < 1.29 is 4.79 Å². The van der Waals surface area contributed by atoms with Crippen molar-refractivity contribution in [1.29, 1.82) is 0 Å². The summed E-state index contributed by atoms with van der Waals surface area (Å²) < 4.78 is 3.76. The summed E-state index contributed by atoms with van der Waals surface area (Å²) in [6.07, 6.45) is 5.13. The van der Waals surface area contributed by atoms with Crippen LogP contribution in [0, 0.1) is 0 Å². The second-order valence-corrected chi connectivity index (χ2v) is 8.30. The Morgan fingerprint density at radius 2 is 1.80 bits per heavy atom. The van der Waals surface area contributed by atoms with E-state index < -0.39 is 0 Å². The van der Waals surface area contributed by atoms with Gasteiger partial charge in [0.1, 0.15) is 5.82 Å². The van der Waals surface area contributed by atoms with E-state index in [1.165, 1.54) is 0 Å². The lowest BCUT2D eigenvalue weighted by molar-refractivity contribution is -0.121. The first-order chi connectivity index (χ1) is 17.3. The maximum Gasteiger partial charge on any atom is 0.258 e. The zero-order chi connectivity index (χ0) is 23.6. The van der Waals surface area contributed by atoms with Crippen molar-refractivity contribution in [1.82, 2.24) is 39.5 Å². The molecule has 0 aliphatic rings. The molecule has 0 atom stereocenters. The predicted molar refractivity (Wildman–Crippen MR) is 131 cm³/mol. The molecule has 0 saturated carbocycles. The Kier molecular flexibility index (Phi) is 5.34. The van der Waals surface area contributed by atoms with Gasteiger partial charge in [-0.1, -0.05) is 48.5 Å². The van der Waals surface area contributed by atoms with Gasteiger partial charge in [0.2, 0.25) is 5.91 Å². The van der Waals surface area contributed by atoms with Gasteiger partial charge in [-0.3, -0.25) is 14.2 Å². The Morgan fingerprint density at radius 3 is 2.66 bits per heavy atom. The number of amides is 1. The Hall–Kier alpha value is -4.66. The molecule has 0 aliphatic heterocycles. The van der Waals surface area contributed by atoms with Crippen LogP contribution in [0.2, 0.25) is 0 Å². The van der Waals surface area contributed by atoms with Crippen molar-refractivity contribution in [2.75, 3.05) is 0 Å². The van der Waals surface area contributed by atoms with Crippen molar-refractivity contribution in [2.24, 2.45) is 0 Å². The summed E-state index contributed by atoms with van der Waals surface area (Å²) in [6.45, 7) is 0.471. The molecule has 9 nitrogen and oxygen atoms in total. The molecule has 2 aromatic carbocycles. The lowest BCUT2D eigenvalue weighted by Gasteiger charge is -2.07. The molecule has 4 heterocycles. The number of aryl methyl sites for hydroxylation is 1. The zero-order valence-electron chi connectivity index (χ0n) is 18.9. The van der Waals surface area contributed by atoms with Crippen LogP contribution >= 0.6 is 0 Å². The molecule has 1 amide bonds. The number of aromatic nitrogens is 7. The van der Waals surface area contributed by atoms with Gasteiger partial charge in [0, 0.05) is 42.7 Å². The maximum atomic E-state index is 12.3. The fraction of sp³-hybridized carbons (Fsp3) is 0.154. The number of hydrogen-bond acceptors (Lipinski definition) is 6. The van der Waals surface area contributed by atoms with E-state index in [9.17, 15) is 4.79 Å². The summed E-state index contributed by atoms with van der Waals surface area (Å²) in [7, 11) is 0. The van der Waals surface area contributed by atoms with Crippen molar-refractivity contribution in [3.63, 3.8) is 0 Å². The predicted octanol–water partition coefficient (Wildman–Crippen LogP) is 3.63. The van der Waals surface area contributed by atoms with Gasteiger partial charge in [-0.15, -0.1) is 15.3 Å². The fourth-order valence-corrected chi connectivity index (χ4v) is 4.24. The Labute approximate surface area is 200 Å². The van der Waals surface area contributed by atoms with Crippen LogP contribution in [0.4, 0.5) is 0 Å². The van der Waals surface area contributed by atoms with Crippen LogP contribution in [-0.4, -0.2) is 40.1 Å². The second kappa shape index (κ2) is 8.94. The Morgan fingerprint density at radius 1 is 0.943 bits per heavy atom. The number of fused-ring (bicyclic) bond motifs is 6. The summed E-state index contributed by atoms with van der Waals surface area (Å²) in [5, 5.41) is 17.6. The van der Waals surface area contributed by atoms with Gasteiger partial charge in [-0.2, -0.15) is 4.52 Å². The average molecular weight is 463 g/mol. The summed E-state index contributed by atoms with van der Waals surface area (Å²) >= 11 is 0.